The number of carbonyl (C=O) groups excluding carboxylic acids is 3. The molecule has 7 heteroatoms. The maximum Gasteiger partial charge on any atom is 0.404 e. The number of aliphatic hydroxyl groups excluding tert-OH is 1. The molecule has 1 unspecified atom stereocenters. The average Bonchev–Trinajstić information content (AvgIpc) is 2.30. The minimum atomic E-state index is -1.11. The van der Waals surface area contributed by atoms with Crippen molar-refractivity contribution in [3.8, 4) is 0 Å². The fourth-order valence-corrected chi connectivity index (χ4v) is 0.682. The number of imide groups is 1. The summed E-state index contributed by atoms with van der Waals surface area (Å²) in [7, 11) is 0. The van der Waals surface area contributed by atoms with Crippen molar-refractivity contribution in [2.45, 2.75) is 19.4 Å². The fourth-order valence-electron chi connectivity index (χ4n) is 0.682. The molecule has 0 aromatic carbocycles. The quantitative estimate of drug-likeness (QED) is 0.449. The van der Waals surface area contributed by atoms with Crippen molar-refractivity contribution in [2.75, 3.05) is 6.61 Å². The number of hydrogen-bond acceptors (Lipinski definition) is 5. The summed E-state index contributed by atoms with van der Waals surface area (Å²) in [6, 6.07) is 0. The van der Waals surface area contributed by atoms with Crippen molar-refractivity contribution in [3.63, 3.8) is 0 Å². The molecular formula is C7H12N2O5. The lowest BCUT2D eigenvalue weighted by atomic mass is 10.3. The molecule has 0 aliphatic carbocycles. The van der Waals surface area contributed by atoms with Gasteiger partial charge in [-0.1, -0.05) is 0 Å². The van der Waals surface area contributed by atoms with E-state index in [1.165, 1.54) is 0 Å². The number of rotatable bonds is 1. The van der Waals surface area contributed by atoms with Crippen molar-refractivity contribution >= 4 is 17.9 Å². The average molecular weight is 204 g/mol. The Morgan fingerprint density at radius 2 is 2.29 bits per heavy atom. The molecule has 0 aromatic heterocycles. The molecule has 1 aliphatic rings. The minimum absolute atomic E-state index is 0.0845. The van der Waals surface area contributed by atoms with Crippen LogP contribution in [0, 0.1) is 0 Å². The van der Waals surface area contributed by atoms with Crippen molar-refractivity contribution < 1.29 is 24.2 Å². The second-order valence-electron chi connectivity index (χ2n) is 2.38. The van der Waals surface area contributed by atoms with Crippen LogP contribution >= 0.6 is 0 Å². The highest BCUT2D eigenvalue weighted by Gasteiger charge is 2.27. The van der Waals surface area contributed by atoms with Crippen LogP contribution in [0.2, 0.25) is 0 Å². The van der Waals surface area contributed by atoms with Crippen LogP contribution in [-0.4, -0.2) is 35.7 Å². The molecule has 1 aliphatic heterocycles. The fraction of sp³-hybridized carbons (Fsp3) is 0.571. The zero-order valence-electron chi connectivity index (χ0n) is 7.65. The van der Waals surface area contributed by atoms with Crippen LogP contribution in [0.4, 0.5) is 4.79 Å². The SMILES string of the molecule is CCOC(N)=O.O=C1CC(O)C(=O)N1. The summed E-state index contributed by atoms with van der Waals surface area (Å²) in [6.45, 7) is 2.06. The maximum atomic E-state index is 10.2. The van der Waals surface area contributed by atoms with Crippen molar-refractivity contribution in [3.05, 3.63) is 0 Å². The van der Waals surface area contributed by atoms with E-state index in [0.29, 0.717) is 6.61 Å². The van der Waals surface area contributed by atoms with Gasteiger partial charge in [0.15, 0.2) is 0 Å². The number of primary amides is 1. The van der Waals surface area contributed by atoms with Crippen LogP contribution < -0.4 is 11.1 Å². The van der Waals surface area contributed by atoms with Gasteiger partial charge in [-0.25, -0.2) is 4.79 Å². The summed E-state index contributed by atoms with van der Waals surface area (Å²) in [5, 5.41) is 10.5. The molecule has 0 aromatic rings. The van der Waals surface area contributed by atoms with E-state index in [0.717, 1.165) is 0 Å². The molecule has 0 radical (unpaired) electrons. The molecule has 1 saturated heterocycles. The molecule has 80 valence electrons. The standard InChI is InChI=1S/C4H5NO3.C3H7NO2/c6-2-1-3(7)5-4(2)8;1-2-6-3(4)5/h2,6H,1H2,(H,5,7,8);2H2,1H3,(H2,4,5). The zero-order chi connectivity index (χ0) is 11.1. The molecule has 7 nitrogen and oxygen atoms in total. The third-order valence-electron chi connectivity index (χ3n) is 1.23. The monoisotopic (exact) mass is 204 g/mol. The topological polar surface area (TPSA) is 119 Å². The lowest BCUT2D eigenvalue weighted by molar-refractivity contribution is -0.127. The molecule has 4 N–H and O–H groups in total. The Balaban J connectivity index is 0.000000255. The van der Waals surface area contributed by atoms with E-state index in [1.807, 2.05) is 5.32 Å². The van der Waals surface area contributed by atoms with E-state index < -0.39 is 24.0 Å². The number of hydrogen-bond donors (Lipinski definition) is 3. The maximum absolute atomic E-state index is 10.2. The Labute approximate surface area is 80.2 Å². The summed E-state index contributed by atoms with van der Waals surface area (Å²) >= 11 is 0. The molecule has 3 amide bonds. The lowest BCUT2D eigenvalue weighted by Gasteiger charge is -1.89. The number of nitrogens with two attached hydrogens (primary N) is 1. The van der Waals surface area contributed by atoms with Crippen LogP contribution in [0.3, 0.4) is 0 Å². The van der Waals surface area contributed by atoms with Crippen molar-refractivity contribution in [1.82, 2.24) is 5.32 Å². The van der Waals surface area contributed by atoms with Gasteiger partial charge < -0.3 is 15.6 Å². The van der Waals surface area contributed by atoms with E-state index in [1.54, 1.807) is 6.92 Å². The lowest BCUT2D eigenvalue weighted by Crippen LogP contribution is -2.24. The van der Waals surface area contributed by atoms with Gasteiger partial charge in [0.25, 0.3) is 5.91 Å². The molecule has 0 saturated carbocycles. The number of aliphatic hydroxyl groups is 1. The summed E-state index contributed by atoms with van der Waals surface area (Å²) < 4.78 is 4.18. The van der Waals surface area contributed by atoms with Crippen LogP contribution in [-0.2, 0) is 14.3 Å². The number of ether oxygens (including phenoxy) is 1. The molecule has 0 bridgehead atoms. The van der Waals surface area contributed by atoms with Crippen LogP contribution in [0.15, 0.2) is 0 Å². The van der Waals surface area contributed by atoms with Crippen LogP contribution in [0.1, 0.15) is 13.3 Å². The second-order valence-corrected chi connectivity index (χ2v) is 2.38. The molecule has 0 spiro atoms. The van der Waals surface area contributed by atoms with E-state index in [9.17, 15) is 14.4 Å². The van der Waals surface area contributed by atoms with Gasteiger partial charge >= 0.3 is 6.09 Å². The first-order chi connectivity index (χ1) is 6.47. The van der Waals surface area contributed by atoms with Gasteiger partial charge in [0.1, 0.15) is 6.10 Å². The summed E-state index contributed by atoms with van der Waals surface area (Å²) in [6.07, 6.45) is -1.90. The highest BCUT2D eigenvalue weighted by atomic mass is 16.5. The summed E-state index contributed by atoms with van der Waals surface area (Å²) in [5.74, 6) is -0.988. The first-order valence-electron chi connectivity index (χ1n) is 3.91. The Morgan fingerprint density at radius 3 is 2.36 bits per heavy atom. The van der Waals surface area contributed by atoms with Crippen molar-refractivity contribution in [2.24, 2.45) is 5.73 Å². The van der Waals surface area contributed by atoms with Gasteiger partial charge in [-0.05, 0) is 6.92 Å². The van der Waals surface area contributed by atoms with Gasteiger partial charge in [0.05, 0.1) is 13.0 Å². The Morgan fingerprint density at radius 1 is 1.71 bits per heavy atom. The van der Waals surface area contributed by atoms with Gasteiger partial charge in [-0.3, -0.25) is 14.9 Å². The van der Waals surface area contributed by atoms with E-state index in [4.69, 9.17) is 5.11 Å². The molecule has 1 rings (SSSR count). The van der Waals surface area contributed by atoms with Crippen LogP contribution in [0.25, 0.3) is 0 Å². The molecule has 1 fully saturated rings. The Hall–Kier alpha value is -1.63. The largest absolute Gasteiger partial charge is 0.450 e. The highest BCUT2D eigenvalue weighted by Crippen LogP contribution is 1.98. The summed E-state index contributed by atoms with van der Waals surface area (Å²) in [5.41, 5.74) is 4.54. The van der Waals surface area contributed by atoms with Gasteiger partial charge in [0, 0.05) is 0 Å². The molecular weight excluding hydrogens is 192 g/mol. The summed E-state index contributed by atoms with van der Waals surface area (Å²) in [4.78, 5) is 30.0. The highest BCUT2D eigenvalue weighted by molar-refractivity contribution is 6.04. The predicted molar refractivity (Wildman–Crippen MR) is 45.0 cm³/mol. The smallest absolute Gasteiger partial charge is 0.404 e. The normalized spacial score (nSPS) is 19.4. The van der Waals surface area contributed by atoms with Gasteiger partial charge in [-0.2, -0.15) is 0 Å². The first kappa shape index (κ1) is 12.4. The number of nitrogens with one attached hydrogen (secondary N) is 1. The van der Waals surface area contributed by atoms with Gasteiger partial charge in [0.2, 0.25) is 5.91 Å². The number of amides is 3. The Kier molecular flexibility index (Phi) is 5.23. The van der Waals surface area contributed by atoms with Gasteiger partial charge in [-0.15, -0.1) is 0 Å². The second kappa shape index (κ2) is 5.92. The molecule has 14 heavy (non-hydrogen) atoms. The Bertz CT molecular complexity index is 240. The minimum Gasteiger partial charge on any atom is -0.450 e. The first-order valence-corrected chi connectivity index (χ1v) is 3.91. The van der Waals surface area contributed by atoms with Crippen LogP contribution in [0.5, 0.6) is 0 Å². The van der Waals surface area contributed by atoms with E-state index >= 15 is 0 Å². The third-order valence-corrected chi connectivity index (χ3v) is 1.23. The predicted octanol–water partition coefficient (Wildman–Crippen LogP) is -1.50. The van der Waals surface area contributed by atoms with Crippen molar-refractivity contribution in [1.29, 1.82) is 0 Å². The molecule has 1 atom stereocenters. The molecule has 1 heterocycles. The number of carbonyl (C=O) groups is 3. The van der Waals surface area contributed by atoms with E-state index in [-0.39, 0.29) is 6.42 Å². The third kappa shape index (κ3) is 5.09. The van der Waals surface area contributed by atoms with E-state index in [2.05, 4.69) is 10.5 Å². The zero-order valence-corrected chi connectivity index (χ0v) is 7.65.